The molecule has 0 unspecified atom stereocenters. The summed E-state index contributed by atoms with van der Waals surface area (Å²) in [7, 11) is 7.42. The topological polar surface area (TPSA) is 380 Å². The van der Waals surface area contributed by atoms with E-state index in [9.17, 15) is 59.1 Å². The van der Waals surface area contributed by atoms with Gasteiger partial charge in [-0.25, -0.2) is 0 Å². The molecule has 32 heteroatoms. The first-order valence-corrected chi connectivity index (χ1v) is 22.4. The van der Waals surface area contributed by atoms with Gasteiger partial charge in [-0.15, -0.1) is 20.5 Å². The van der Waals surface area contributed by atoms with Crippen molar-refractivity contribution in [3.05, 3.63) is 89.4 Å². The minimum atomic E-state index is -0.859. The van der Waals surface area contributed by atoms with Gasteiger partial charge >= 0.3 is 29.6 Å². The zero-order valence-electron chi connectivity index (χ0n) is 40.6. The van der Waals surface area contributed by atoms with Gasteiger partial charge in [0.1, 0.15) is 49.1 Å². The second-order valence-corrected chi connectivity index (χ2v) is 16.2. The van der Waals surface area contributed by atoms with Crippen LogP contribution in [0, 0.1) is 30.3 Å². The zero-order chi connectivity index (χ0) is 55.7. The zero-order valence-corrected chi connectivity index (χ0v) is 43.0. The van der Waals surface area contributed by atoms with E-state index in [1.165, 1.54) is 94.6 Å². The van der Waals surface area contributed by atoms with Crippen molar-refractivity contribution in [2.24, 2.45) is 20.5 Å². The number of carbonyl (C=O) groups is 6. The number of halogens is 1. The second kappa shape index (κ2) is 26.9. The monoisotopic (exact) mass is 1130 g/mol. The standard InChI is InChI=1S/C22H22N6O8S.C21H21BrN6O10/c1-12(29)23-16-8-18(27(10-20(30)35-3)11-21(31)36-4)19(34-2)9-17(16)24-25-22-14-7-13(28(32)33)5-6-15(14)26-37-22;1-11(29)23-14-7-16(26(9-19(30)37-3)10-20(31)38-4)18(36-2)8-15(14)24-25-21-13(22)5-12(27(32)33)6-17(21)28(34)35/h5-9H,10-11H2,1-4H3,(H,23,29);5-8H,9-10H2,1-4H3,(H,23,29). The highest BCUT2D eigenvalue weighted by atomic mass is 79.9. The predicted octanol–water partition coefficient (Wildman–Crippen LogP) is 7.54. The van der Waals surface area contributed by atoms with Crippen molar-refractivity contribution in [3.63, 3.8) is 0 Å². The van der Waals surface area contributed by atoms with Crippen molar-refractivity contribution < 1.29 is 72.0 Å². The maximum atomic E-state index is 12.0. The van der Waals surface area contributed by atoms with Crippen LogP contribution in [0.5, 0.6) is 11.5 Å². The summed E-state index contributed by atoms with van der Waals surface area (Å²) in [5.41, 5.74) is -0.319. The predicted molar refractivity (Wildman–Crippen MR) is 269 cm³/mol. The van der Waals surface area contributed by atoms with E-state index in [0.29, 0.717) is 15.9 Å². The Bertz CT molecular complexity index is 3080. The number of non-ortho nitro benzene ring substituents is 2. The van der Waals surface area contributed by atoms with Gasteiger partial charge in [0.15, 0.2) is 10.7 Å². The first kappa shape index (κ1) is 58.2. The third-order valence-electron chi connectivity index (χ3n) is 9.68. The van der Waals surface area contributed by atoms with Crippen LogP contribution in [0.1, 0.15) is 13.8 Å². The number of methoxy groups -OCH3 is 6. The highest BCUT2D eigenvalue weighted by Gasteiger charge is 2.27. The summed E-state index contributed by atoms with van der Waals surface area (Å²) in [6.07, 6.45) is 0. The highest BCUT2D eigenvalue weighted by molar-refractivity contribution is 9.10. The number of aromatic nitrogens is 1. The second-order valence-electron chi connectivity index (χ2n) is 14.6. The van der Waals surface area contributed by atoms with E-state index < -0.39 is 61.8 Å². The first-order chi connectivity index (χ1) is 35.6. The summed E-state index contributed by atoms with van der Waals surface area (Å²) in [5, 5.41) is 56.0. The molecule has 1 aromatic heterocycles. The molecule has 1 heterocycles. The van der Waals surface area contributed by atoms with Crippen LogP contribution >= 0.6 is 27.5 Å². The molecule has 0 bridgehead atoms. The quantitative estimate of drug-likeness (QED) is 0.0235. The number of hydrogen-bond donors (Lipinski definition) is 2. The Labute approximate surface area is 435 Å². The van der Waals surface area contributed by atoms with Gasteiger partial charge in [-0.05, 0) is 45.7 Å². The molecule has 0 spiro atoms. The Hall–Kier alpha value is -9.33. The summed E-state index contributed by atoms with van der Waals surface area (Å²) in [6.45, 7) is 1.11. The molecule has 30 nitrogen and oxygen atoms in total. The summed E-state index contributed by atoms with van der Waals surface area (Å²) < 4.78 is 33.8. The van der Waals surface area contributed by atoms with Crippen molar-refractivity contribution in [3.8, 4) is 11.5 Å². The molecule has 0 radical (unpaired) electrons. The lowest BCUT2D eigenvalue weighted by Crippen LogP contribution is -2.36. The molecule has 0 fully saturated rings. The van der Waals surface area contributed by atoms with Crippen molar-refractivity contribution in [1.82, 2.24) is 4.37 Å². The minimum absolute atomic E-state index is 0.0311. The van der Waals surface area contributed by atoms with Crippen LogP contribution in [-0.2, 0) is 47.7 Å². The number of nitro benzene ring substituents is 3. The van der Waals surface area contributed by atoms with Crippen molar-refractivity contribution in [1.29, 1.82) is 0 Å². The molecule has 0 aliphatic heterocycles. The number of ether oxygens (including phenoxy) is 6. The highest BCUT2D eigenvalue weighted by Crippen LogP contribution is 2.44. The van der Waals surface area contributed by atoms with Crippen LogP contribution in [0.4, 0.5) is 61.9 Å². The van der Waals surface area contributed by atoms with Crippen LogP contribution < -0.4 is 29.9 Å². The number of benzene rings is 4. The molecule has 2 amide bonds. The van der Waals surface area contributed by atoms with Gasteiger partial charge < -0.3 is 48.9 Å². The number of carbonyl (C=O) groups excluding carboxylic acids is 6. The van der Waals surface area contributed by atoms with Gasteiger partial charge in [-0.1, -0.05) is 0 Å². The van der Waals surface area contributed by atoms with Crippen molar-refractivity contribution >= 4 is 136 Å². The number of hydrogen-bond acceptors (Lipinski definition) is 26. The first-order valence-electron chi connectivity index (χ1n) is 20.8. The van der Waals surface area contributed by atoms with E-state index in [-0.39, 0.29) is 87.6 Å². The molecule has 0 saturated heterocycles. The maximum absolute atomic E-state index is 12.0. The molecule has 0 saturated carbocycles. The molecular weight excluding hydrogens is 1080 g/mol. The lowest BCUT2D eigenvalue weighted by atomic mass is 10.2. The summed E-state index contributed by atoms with van der Waals surface area (Å²) in [6, 6.07) is 11.5. The van der Waals surface area contributed by atoms with Gasteiger partial charge in [-0.3, -0.25) is 59.1 Å². The van der Waals surface area contributed by atoms with Gasteiger partial charge in [-0.2, -0.15) is 4.37 Å². The molecule has 5 rings (SSSR count). The molecule has 5 aromatic rings. The van der Waals surface area contributed by atoms with E-state index in [2.05, 4.69) is 60.9 Å². The van der Waals surface area contributed by atoms with Crippen molar-refractivity contribution in [2.75, 3.05) is 89.3 Å². The Morgan fingerprint density at radius 3 is 1.43 bits per heavy atom. The molecular formula is C43H43BrN12O18S. The Morgan fingerprint density at radius 2 is 1.04 bits per heavy atom. The van der Waals surface area contributed by atoms with Gasteiger partial charge in [0.25, 0.3) is 11.4 Å². The number of esters is 4. The molecule has 0 atom stereocenters. The maximum Gasteiger partial charge on any atom is 0.325 e. The molecule has 75 heavy (non-hydrogen) atoms. The smallest absolute Gasteiger partial charge is 0.325 e. The average molecular weight is 1130 g/mol. The normalized spacial score (nSPS) is 10.7. The van der Waals surface area contributed by atoms with Crippen LogP contribution in [-0.4, -0.2) is 124 Å². The number of azo groups is 2. The van der Waals surface area contributed by atoms with Crippen LogP contribution in [0.15, 0.2) is 79.5 Å². The summed E-state index contributed by atoms with van der Waals surface area (Å²) >= 11 is 4.03. The van der Waals surface area contributed by atoms with E-state index in [1.54, 1.807) is 0 Å². The van der Waals surface area contributed by atoms with E-state index in [4.69, 9.17) is 18.9 Å². The fraction of sp³-hybridized carbons (Fsp3) is 0.279. The Morgan fingerprint density at radius 1 is 0.600 bits per heavy atom. The van der Waals surface area contributed by atoms with E-state index >= 15 is 0 Å². The van der Waals surface area contributed by atoms with E-state index in [0.717, 1.165) is 37.9 Å². The average Bonchev–Trinajstić information content (AvgIpc) is 3.78. The third kappa shape index (κ3) is 15.8. The lowest BCUT2D eigenvalue weighted by molar-refractivity contribution is -0.393. The van der Waals surface area contributed by atoms with Gasteiger partial charge in [0, 0.05) is 49.6 Å². The van der Waals surface area contributed by atoms with Gasteiger partial charge in [0.2, 0.25) is 11.8 Å². The number of rotatable bonds is 21. The number of nitrogens with one attached hydrogen (secondary N) is 2. The number of amides is 2. The number of anilines is 4. The summed E-state index contributed by atoms with van der Waals surface area (Å²) in [5.74, 6) is -3.26. The molecule has 396 valence electrons. The number of nitrogens with zero attached hydrogens (tertiary/aromatic N) is 10. The van der Waals surface area contributed by atoms with Crippen LogP contribution in [0.3, 0.4) is 0 Å². The fourth-order valence-corrected chi connectivity index (χ4v) is 7.44. The SMILES string of the molecule is COC(=O)CN(CC(=O)OC)c1cc(NC(C)=O)c(N=Nc2c(Br)cc([N+](=O)[O-])cc2[N+](=O)[O-])cc1OC.COC(=O)CN(CC(=O)OC)c1cc(NC(C)=O)c(N=Nc2snc3ccc([N+](=O)[O-])cc23)cc1OC. The molecule has 2 N–H and O–H groups in total. The Balaban J connectivity index is 0.000000325. The Kier molecular flexibility index (Phi) is 20.9. The third-order valence-corrected chi connectivity index (χ3v) is 11.0. The number of fused-ring (bicyclic) bond motifs is 1. The van der Waals surface area contributed by atoms with Crippen LogP contribution in [0.2, 0.25) is 0 Å². The fourth-order valence-electron chi connectivity index (χ4n) is 6.24. The molecule has 4 aromatic carbocycles. The lowest BCUT2D eigenvalue weighted by Gasteiger charge is -2.25. The van der Waals surface area contributed by atoms with E-state index in [1.807, 2.05) is 0 Å². The van der Waals surface area contributed by atoms with Gasteiger partial charge in [0.05, 0.1) is 96.2 Å². The van der Waals surface area contributed by atoms with Crippen molar-refractivity contribution in [2.45, 2.75) is 13.8 Å². The molecule has 0 aliphatic carbocycles. The largest absolute Gasteiger partial charge is 0.494 e. The van der Waals surface area contributed by atoms with Crippen LogP contribution in [0.25, 0.3) is 10.9 Å². The summed E-state index contributed by atoms with van der Waals surface area (Å²) in [4.78, 5) is 106. The number of nitro groups is 3. The molecule has 0 aliphatic rings. The minimum Gasteiger partial charge on any atom is -0.494 e.